The van der Waals surface area contributed by atoms with Crippen molar-refractivity contribution in [1.29, 1.82) is 0 Å². The fourth-order valence-corrected chi connectivity index (χ4v) is 2.45. The van der Waals surface area contributed by atoms with Crippen LogP contribution in [-0.4, -0.2) is 66.5 Å². The quantitative estimate of drug-likeness (QED) is 0.598. The second kappa shape index (κ2) is 7.16. The summed E-state index contributed by atoms with van der Waals surface area (Å²) in [6.45, 7) is 6.14. The number of hydrogen-bond acceptors (Lipinski definition) is 7. The molecule has 1 unspecified atom stereocenters. The number of rotatable bonds is 4. The summed E-state index contributed by atoms with van der Waals surface area (Å²) in [7, 11) is 1.19. The molecular weight excluding hydrogens is 306 g/mol. The highest BCUT2D eigenvalue weighted by Gasteiger charge is 2.55. The number of likely N-dealkylation sites (tertiary alicyclic amines) is 1. The lowest BCUT2D eigenvalue weighted by Gasteiger charge is -2.28. The Morgan fingerprint density at radius 1 is 1.30 bits per heavy atom. The molecule has 1 aliphatic rings. The lowest BCUT2D eigenvalue weighted by atomic mass is 9.86. The molecule has 23 heavy (non-hydrogen) atoms. The molecule has 1 N–H and O–H groups in total. The topological polar surface area (TPSA) is 102 Å². The number of amides is 1. The Morgan fingerprint density at radius 2 is 1.91 bits per heavy atom. The van der Waals surface area contributed by atoms with Crippen LogP contribution in [0.4, 0.5) is 4.79 Å². The first-order valence-electron chi connectivity index (χ1n) is 7.45. The average Bonchev–Trinajstić information content (AvgIpc) is 2.86. The Balaban J connectivity index is 3.09. The third-order valence-electron chi connectivity index (χ3n) is 3.55. The summed E-state index contributed by atoms with van der Waals surface area (Å²) < 4.78 is 15.0. The first-order chi connectivity index (χ1) is 10.6. The lowest BCUT2D eigenvalue weighted by molar-refractivity contribution is -0.157. The Morgan fingerprint density at radius 3 is 2.35 bits per heavy atom. The summed E-state index contributed by atoms with van der Waals surface area (Å²) in [5, 5.41) is 9.69. The summed E-state index contributed by atoms with van der Waals surface area (Å²) in [5.74, 6) is -1.32. The number of carbonyl (C=O) groups excluding carboxylic acids is 3. The van der Waals surface area contributed by atoms with Gasteiger partial charge in [-0.15, -0.1) is 0 Å². The van der Waals surface area contributed by atoms with E-state index in [2.05, 4.69) is 0 Å². The van der Waals surface area contributed by atoms with E-state index in [1.807, 2.05) is 0 Å². The van der Waals surface area contributed by atoms with Gasteiger partial charge in [0.1, 0.15) is 17.1 Å². The third kappa shape index (κ3) is 4.34. The van der Waals surface area contributed by atoms with E-state index in [1.165, 1.54) is 7.11 Å². The van der Waals surface area contributed by atoms with E-state index in [0.29, 0.717) is 0 Å². The number of nitrogens with zero attached hydrogens (tertiary/aromatic N) is 1. The molecule has 1 heterocycles. The maximum Gasteiger partial charge on any atom is 0.411 e. The number of ether oxygens (including phenoxy) is 3. The van der Waals surface area contributed by atoms with Crippen molar-refractivity contribution in [2.24, 2.45) is 5.41 Å². The van der Waals surface area contributed by atoms with Crippen molar-refractivity contribution in [3.05, 3.63) is 0 Å². The molecule has 0 aromatic rings. The molecule has 2 atom stereocenters. The van der Waals surface area contributed by atoms with Crippen LogP contribution >= 0.6 is 0 Å². The Hall–Kier alpha value is -1.83. The van der Waals surface area contributed by atoms with Crippen molar-refractivity contribution >= 4 is 18.0 Å². The minimum Gasteiger partial charge on any atom is -0.467 e. The Labute approximate surface area is 135 Å². The standard InChI is InChI=1S/C15H25NO7/c1-6-22-12(19)15(9-17)7-10(11(18)21-5)16(8-15)13(20)23-14(2,3)4/h10,17H,6-9H2,1-5H3/t10-,15?/m0/s1. The molecule has 0 spiro atoms. The number of hydrogen-bond donors (Lipinski definition) is 1. The zero-order valence-electron chi connectivity index (χ0n) is 14.2. The molecule has 0 aromatic carbocycles. The van der Waals surface area contributed by atoms with Crippen LogP contribution in [0.2, 0.25) is 0 Å². The highest BCUT2D eigenvalue weighted by Crippen LogP contribution is 2.37. The number of esters is 2. The van der Waals surface area contributed by atoms with Gasteiger partial charge in [-0.25, -0.2) is 9.59 Å². The van der Waals surface area contributed by atoms with Crippen molar-refractivity contribution in [2.45, 2.75) is 45.8 Å². The van der Waals surface area contributed by atoms with Crippen LogP contribution in [0.3, 0.4) is 0 Å². The molecule has 1 saturated heterocycles. The van der Waals surface area contributed by atoms with Crippen LogP contribution in [0, 0.1) is 5.41 Å². The highest BCUT2D eigenvalue weighted by atomic mass is 16.6. The van der Waals surface area contributed by atoms with Gasteiger partial charge in [-0.05, 0) is 34.1 Å². The predicted molar refractivity (Wildman–Crippen MR) is 79.5 cm³/mol. The van der Waals surface area contributed by atoms with Gasteiger partial charge in [-0.2, -0.15) is 0 Å². The second-order valence-corrected chi connectivity index (χ2v) is 6.51. The van der Waals surface area contributed by atoms with E-state index in [0.717, 1.165) is 4.90 Å². The van der Waals surface area contributed by atoms with Gasteiger partial charge in [0, 0.05) is 6.54 Å². The summed E-state index contributed by atoms with van der Waals surface area (Å²) in [6, 6.07) is -1.01. The third-order valence-corrected chi connectivity index (χ3v) is 3.55. The van der Waals surface area contributed by atoms with Gasteiger partial charge in [-0.3, -0.25) is 9.69 Å². The summed E-state index contributed by atoms with van der Waals surface area (Å²) in [6.07, 6.45) is -0.818. The fraction of sp³-hybridized carbons (Fsp3) is 0.800. The highest BCUT2D eigenvalue weighted by molar-refractivity contribution is 5.87. The van der Waals surface area contributed by atoms with Crippen LogP contribution in [0.5, 0.6) is 0 Å². The maximum absolute atomic E-state index is 12.3. The van der Waals surface area contributed by atoms with Crippen molar-refractivity contribution in [1.82, 2.24) is 4.90 Å². The number of carbonyl (C=O) groups is 3. The molecule has 8 heteroatoms. The molecule has 0 aliphatic carbocycles. The van der Waals surface area contributed by atoms with Gasteiger partial charge in [-0.1, -0.05) is 0 Å². The molecule has 8 nitrogen and oxygen atoms in total. The van der Waals surface area contributed by atoms with Crippen molar-refractivity contribution < 1.29 is 33.7 Å². The average molecular weight is 331 g/mol. The van der Waals surface area contributed by atoms with E-state index >= 15 is 0 Å². The van der Waals surface area contributed by atoms with E-state index in [-0.39, 0.29) is 19.6 Å². The minimum absolute atomic E-state index is 0.0751. The molecule has 0 saturated carbocycles. The molecule has 1 rings (SSSR count). The van der Waals surface area contributed by atoms with Gasteiger partial charge < -0.3 is 19.3 Å². The molecular formula is C15H25NO7. The molecule has 132 valence electrons. The number of aliphatic hydroxyl groups excluding tert-OH is 1. The SMILES string of the molecule is CCOC(=O)C1(CO)C[C@@H](C(=O)OC)N(C(=O)OC(C)(C)C)C1. The Kier molecular flexibility index (Phi) is 5.98. The number of aliphatic hydroxyl groups is 1. The van der Waals surface area contributed by atoms with E-state index in [4.69, 9.17) is 14.2 Å². The van der Waals surface area contributed by atoms with Gasteiger partial charge >= 0.3 is 18.0 Å². The molecule has 0 bridgehead atoms. The smallest absolute Gasteiger partial charge is 0.411 e. The maximum atomic E-state index is 12.3. The fourth-order valence-electron chi connectivity index (χ4n) is 2.45. The van der Waals surface area contributed by atoms with Gasteiger partial charge in [0.25, 0.3) is 0 Å². The van der Waals surface area contributed by atoms with Gasteiger partial charge in [0.15, 0.2) is 0 Å². The zero-order chi connectivity index (χ0) is 17.8. The van der Waals surface area contributed by atoms with Gasteiger partial charge in [0.05, 0.1) is 20.3 Å². The van der Waals surface area contributed by atoms with Crippen molar-refractivity contribution in [3.8, 4) is 0 Å². The lowest BCUT2D eigenvalue weighted by Crippen LogP contribution is -2.45. The predicted octanol–water partition coefficient (Wildman–Crippen LogP) is 0.711. The van der Waals surface area contributed by atoms with E-state index in [1.54, 1.807) is 27.7 Å². The van der Waals surface area contributed by atoms with Crippen LogP contribution in [0.1, 0.15) is 34.1 Å². The van der Waals surface area contributed by atoms with Crippen LogP contribution < -0.4 is 0 Å². The molecule has 1 aliphatic heterocycles. The summed E-state index contributed by atoms with van der Waals surface area (Å²) in [5.41, 5.74) is -2.11. The van der Waals surface area contributed by atoms with Gasteiger partial charge in [0.2, 0.25) is 0 Å². The summed E-state index contributed by atoms with van der Waals surface area (Å²) >= 11 is 0. The van der Waals surface area contributed by atoms with Crippen molar-refractivity contribution in [3.63, 3.8) is 0 Å². The zero-order valence-corrected chi connectivity index (χ0v) is 14.2. The summed E-state index contributed by atoms with van der Waals surface area (Å²) in [4.78, 5) is 37.6. The van der Waals surface area contributed by atoms with Crippen LogP contribution in [-0.2, 0) is 23.8 Å². The van der Waals surface area contributed by atoms with Crippen molar-refractivity contribution in [2.75, 3.05) is 26.9 Å². The molecule has 0 aromatic heterocycles. The van der Waals surface area contributed by atoms with E-state index in [9.17, 15) is 19.5 Å². The normalized spacial score (nSPS) is 24.3. The van der Waals surface area contributed by atoms with Crippen LogP contribution in [0.25, 0.3) is 0 Å². The molecule has 0 radical (unpaired) electrons. The largest absolute Gasteiger partial charge is 0.467 e. The second-order valence-electron chi connectivity index (χ2n) is 6.51. The minimum atomic E-state index is -1.36. The monoisotopic (exact) mass is 331 g/mol. The van der Waals surface area contributed by atoms with Crippen LogP contribution in [0.15, 0.2) is 0 Å². The van der Waals surface area contributed by atoms with E-state index < -0.39 is 41.7 Å². The molecule has 1 amide bonds. The number of methoxy groups -OCH3 is 1. The first-order valence-corrected chi connectivity index (χ1v) is 7.45. The Bertz CT molecular complexity index is 471. The molecule has 1 fully saturated rings. The first kappa shape index (κ1) is 19.2.